The van der Waals surface area contributed by atoms with E-state index in [2.05, 4.69) is 4.98 Å². The molecule has 0 fully saturated rings. The van der Waals surface area contributed by atoms with Crippen LogP contribution in [0.1, 0.15) is 17.7 Å². The van der Waals surface area contributed by atoms with E-state index in [1.54, 1.807) is 0 Å². The van der Waals surface area contributed by atoms with Crippen LogP contribution in [0.3, 0.4) is 0 Å². The fraction of sp³-hybridized carbons (Fsp3) is 0.231. The van der Waals surface area contributed by atoms with E-state index in [1.165, 1.54) is 0 Å². The van der Waals surface area contributed by atoms with Gasteiger partial charge in [0.2, 0.25) is 0 Å². The lowest BCUT2D eigenvalue weighted by Crippen LogP contribution is -2.00. The summed E-state index contributed by atoms with van der Waals surface area (Å²) in [6.07, 6.45) is 0.694. The van der Waals surface area contributed by atoms with E-state index in [1.807, 2.05) is 37.3 Å². The number of aromatic nitrogens is 1. The molecule has 0 bridgehead atoms. The van der Waals surface area contributed by atoms with Crippen molar-refractivity contribution >= 4 is 16.9 Å². The molecule has 3 heteroatoms. The van der Waals surface area contributed by atoms with Gasteiger partial charge in [-0.25, -0.2) is 0 Å². The average molecular weight is 215 g/mol. The molecule has 2 aromatic rings. The van der Waals surface area contributed by atoms with E-state index in [0.29, 0.717) is 6.42 Å². The second kappa shape index (κ2) is 4.31. The number of hydrogen-bond donors (Lipinski definition) is 1. The van der Waals surface area contributed by atoms with Crippen molar-refractivity contribution in [1.29, 1.82) is 0 Å². The van der Waals surface area contributed by atoms with Crippen molar-refractivity contribution in [2.45, 2.75) is 19.8 Å². The molecule has 1 N–H and O–H groups in total. The van der Waals surface area contributed by atoms with Gasteiger partial charge in [0.05, 0.1) is 5.52 Å². The molecule has 1 aromatic heterocycles. The van der Waals surface area contributed by atoms with Crippen LogP contribution in [0, 0.1) is 6.92 Å². The van der Waals surface area contributed by atoms with Crippen LogP contribution >= 0.6 is 0 Å². The summed E-state index contributed by atoms with van der Waals surface area (Å²) >= 11 is 0. The lowest BCUT2D eigenvalue weighted by molar-refractivity contribution is -0.136. The van der Waals surface area contributed by atoms with E-state index in [-0.39, 0.29) is 6.42 Å². The van der Waals surface area contributed by atoms with Crippen molar-refractivity contribution in [2.75, 3.05) is 0 Å². The van der Waals surface area contributed by atoms with E-state index in [9.17, 15) is 4.79 Å². The van der Waals surface area contributed by atoms with Crippen molar-refractivity contribution in [3.8, 4) is 0 Å². The number of rotatable bonds is 3. The number of nitrogens with zero attached hydrogens (tertiary/aromatic N) is 1. The molecule has 0 spiro atoms. The summed E-state index contributed by atoms with van der Waals surface area (Å²) in [4.78, 5) is 15.0. The van der Waals surface area contributed by atoms with Crippen LogP contribution in [-0.4, -0.2) is 16.1 Å². The Bertz CT molecular complexity index is 534. The van der Waals surface area contributed by atoms with Gasteiger partial charge < -0.3 is 5.11 Å². The maximum Gasteiger partial charge on any atom is 0.303 e. The van der Waals surface area contributed by atoms with Crippen molar-refractivity contribution in [3.05, 3.63) is 41.6 Å². The molecule has 0 aliphatic heterocycles. The van der Waals surface area contributed by atoms with Gasteiger partial charge in [-0.2, -0.15) is 0 Å². The van der Waals surface area contributed by atoms with Crippen molar-refractivity contribution in [1.82, 2.24) is 4.98 Å². The first kappa shape index (κ1) is 10.6. The summed E-state index contributed by atoms with van der Waals surface area (Å²) in [6.45, 7) is 1.92. The molecule has 82 valence electrons. The normalized spacial score (nSPS) is 10.6. The van der Waals surface area contributed by atoms with Gasteiger partial charge in [-0.1, -0.05) is 18.2 Å². The highest BCUT2D eigenvalue weighted by atomic mass is 16.4. The topological polar surface area (TPSA) is 50.2 Å². The number of hydrogen-bond acceptors (Lipinski definition) is 2. The lowest BCUT2D eigenvalue weighted by atomic mass is 10.1. The van der Waals surface area contributed by atoms with E-state index < -0.39 is 5.97 Å². The molecule has 0 aliphatic carbocycles. The summed E-state index contributed by atoms with van der Waals surface area (Å²) in [6, 6.07) is 9.89. The van der Waals surface area contributed by atoms with Gasteiger partial charge in [0.1, 0.15) is 0 Å². The van der Waals surface area contributed by atoms with Gasteiger partial charge >= 0.3 is 5.97 Å². The molecule has 0 radical (unpaired) electrons. The number of fused-ring (bicyclic) bond motifs is 1. The zero-order valence-electron chi connectivity index (χ0n) is 9.10. The van der Waals surface area contributed by atoms with Gasteiger partial charge in [-0.3, -0.25) is 9.78 Å². The van der Waals surface area contributed by atoms with Crippen LogP contribution in [0.25, 0.3) is 10.9 Å². The van der Waals surface area contributed by atoms with Gasteiger partial charge in [0, 0.05) is 17.5 Å². The molecule has 2 rings (SSSR count). The minimum atomic E-state index is -0.771. The number of para-hydroxylation sites is 1. The average Bonchev–Trinajstić information content (AvgIpc) is 2.26. The van der Waals surface area contributed by atoms with Crippen LogP contribution in [0.2, 0.25) is 0 Å². The smallest absolute Gasteiger partial charge is 0.303 e. The lowest BCUT2D eigenvalue weighted by Gasteiger charge is -2.05. The number of carbonyl (C=O) groups is 1. The third kappa shape index (κ3) is 2.19. The highest BCUT2D eigenvalue weighted by Crippen LogP contribution is 2.17. The number of aliphatic carboxylic acids is 1. The van der Waals surface area contributed by atoms with Gasteiger partial charge in [-0.15, -0.1) is 0 Å². The molecule has 0 amide bonds. The Kier molecular flexibility index (Phi) is 2.86. The summed E-state index contributed by atoms with van der Waals surface area (Å²) in [5, 5.41) is 9.72. The minimum Gasteiger partial charge on any atom is -0.481 e. The highest BCUT2D eigenvalue weighted by Gasteiger charge is 2.05. The summed E-state index contributed by atoms with van der Waals surface area (Å²) in [5.74, 6) is -0.771. The Morgan fingerprint density at radius 2 is 2.12 bits per heavy atom. The first-order valence-corrected chi connectivity index (χ1v) is 5.24. The molecular formula is C13H13NO2. The third-order valence-electron chi connectivity index (χ3n) is 2.63. The number of benzene rings is 1. The number of pyridine rings is 1. The number of carboxylic acids is 1. The summed E-state index contributed by atoms with van der Waals surface area (Å²) in [7, 11) is 0. The van der Waals surface area contributed by atoms with Crippen molar-refractivity contribution in [2.24, 2.45) is 0 Å². The monoisotopic (exact) mass is 215 g/mol. The van der Waals surface area contributed by atoms with Crippen molar-refractivity contribution in [3.63, 3.8) is 0 Å². The predicted octanol–water partition coefficient (Wildman–Crippen LogP) is 2.56. The zero-order chi connectivity index (χ0) is 11.5. The van der Waals surface area contributed by atoms with Crippen LogP contribution < -0.4 is 0 Å². The first-order valence-electron chi connectivity index (χ1n) is 5.24. The summed E-state index contributed by atoms with van der Waals surface area (Å²) < 4.78 is 0. The molecule has 1 aromatic carbocycles. The quantitative estimate of drug-likeness (QED) is 0.856. The minimum absolute atomic E-state index is 0.154. The Morgan fingerprint density at radius 1 is 1.38 bits per heavy atom. The molecular weight excluding hydrogens is 202 g/mol. The highest BCUT2D eigenvalue weighted by molar-refractivity contribution is 5.79. The molecule has 1 heterocycles. The van der Waals surface area contributed by atoms with Gasteiger partial charge in [-0.05, 0) is 31.0 Å². The fourth-order valence-corrected chi connectivity index (χ4v) is 1.75. The Labute approximate surface area is 93.7 Å². The van der Waals surface area contributed by atoms with E-state index in [0.717, 1.165) is 22.2 Å². The fourth-order valence-electron chi connectivity index (χ4n) is 1.75. The van der Waals surface area contributed by atoms with E-state index in [4.69, 9.17) is 5.11 Å². The second-order valence-electron chi connectivity index (χ2n) is 3.82. The maximum atomic E-state index is 10.5. The molecule has 16 heavy (non-hydrogen) atoms. The van der Waals surface area contributed by atoms with Gasteiger partial charge in [0.15, 0.2) is 0 Å². The Morgan fingerprint density at radius 3 is 2.88 bits per heavy atom. The van der Waals surface area contributed by atoms with Crippen LogP contribution in [0.4, 0.5) is 0 Å². The standard InChI is InChI=1S/C13H13NO2/c1-9-10(6-7-13(15)16)8-11-4-2-3-5-12(11)14-9/h2-5,8H,6-7H2,1H3,(H,15,16). The maximum absolute atomic E-state index is 10.5. The Hall–Kier alpha value is -1.90. The van der Waals surface area contributed by atoms with Gasteiger partial charge in [0.25, 0.3) is 0 Å². The van der Waals surface area contributed by atoms with E-state index >= 15 is 0 Å². The molecule has 0 saturated heterocycles. The summed E-state index contributed by atoms with van der Waals surface area (Å²) in [5.41, 5.74) is 2.89. The Balaban J connectivity index is 2.38. The molecule has 0 saturated carbocycles. The third-order valence-corrected chi connectivity index (χ3v) is 2.63. The largest absolute Gasteiger partial charge is 0.481 e. The zero-order valence-corrected chi connectivity index (χ0v) is 9.10. The predicted molar refractivity (Wildman–Crippen MR) is 62.4 cm³/mol. The van der Waals surface area contributed by atoms with Crippen molar-refractivity contribution < 1.29 is 9.90 Å². The van der Waals surface area contributed by atoms with Crippen LogP contribution in [0.5, 0.6) is 0 Å². The molecule has 0 atom stereocenters. The molecule has 0 unspecified atom stereocenters. The SMILES string of the molecule is Cc1nc2ccccc2cc1CCC(=O)O. The second-order valence-corrected chi connectivity index (χ2v) is 3.82. The van der Waals surface area contributed by atoms with Crippen LogP contribution in [0.15, 0.2) is 30.3 Å². The molecule has 3 nitrogen and oxygen atoms in total. The van der Waals surface area contributed by atoms with Crippen LogP contribution in [-0.2, 0) is 11.2 Å². The molecule has 0 aliphatic rings. The number of carboxylic acid groups (broad SMARTS) is 1. The first-order chi connectivity index (χ1) is 7.66. The number of aryl methyl sites for hydroxylation is 2.